The van der Waals surface area contributed by atoms with Crippen LogP contribution in [0.5, 0.6) is 0 Å². The molecule has 1 heterocycles. The molecule has 0 aromatic rings. The van der Waals surface area contributed by atoms with Crippen LogP contribution in [0.3, 0.4) is 0 Å². The van der Waals surface area contributed by atoms with Gasteiger partial charge >= 0.3 is 0 Å². The number of hydrogen-bond acceptors (Lipinski definition) is 2. The number of halogens is 1. The average molecular weight is 262 g/mol. The highest BCUT2D eigenvalue weighted by Crippen LogP contribution is 2.24. The van der Waals surface area contributed by atoms with E-state index in [1.54, 1.807) is 0 Å². The van der Waals surface area contributed by atoms with Crippen LogP contribution in [0.2, 0.25) is 0 Å². The summed E-state index contributed by atoms with van der Waals surface area (Å²) < 4.78 is 5.57. The first-order valence-electron chi connectivity index (χ1n) is 6.36. The summed E-state index contributed by atoms with van der Waals surface area (Å²) in [6, 6.07) is 0.104. The number of alkyl halides is 1. The van der Waals surface area contributed by atoms with Gasteiger partial charge in [-0.05, 0) is 31.6 Å². The van der Waals surface area contributed by atoms with Crippen LogP contribution in [0.15, 0.2) is 0 Å². The number of hydrogen-bond donors (Lipinski definition) is 1. The topological polar surface area (TPSA) is 38.3 Å². The fourth-order valence-corrected chi connectivity index (χ4v) is 2.31. The first kappa shape index (κ1) is 14.8. The zero-order valence-corrected chi connectivity index (χ0v) is 12.0. The summed E-state index contributed by atoms with van der Waals surface area (Å²) in [6.07, 6.45) is 2.51. The zero-order valence-electron chi connectivity index (χ0n) is 11.3. The van der Waals surface area contributed by atoms with Crippen molar-refractivity contribution in [1.29, 1.82) is 0 Å². The Morgan fingerprint density at radius 2 is 2.12 bits per heavy atom. The Balaban J connectivity index is 2.52. The molecular weight excluding hydrogens is 238 g/mol. The number of amides is 1. The van der Waals surface area contributed by atoms with Gasteiger partial charge in [0.2, 0.25) is 5.91 Å². The molecule has 1 rings (SSSR count). The number of nitrogens with one attached hydrogen (secondary N) is 1. The van der Waals surface area contributed by atoms with Gasteiger partial charge in [0.15, 0.2) is 0 Å². The standard InChI is InChI=1S/C13H24ClNO2/c1-9-5-6-10(17-9)12(16)15-11(7-8-14)13(2,3)4/h9-11H,5-8H2,1-4H3,(H,15,16). The molecule has 1 amide bonds. The lowest BCUT2D eigenvalue weighted by Crippen LogP contribution is -2.47. The maximum atomic E-state index is 12.0. The largest absolute Gasteiger partial charge is 0.365 e. The molecule has 0 aromatic carbocycles. The van der Waals surface area contributed by atoms with Crippen molar-refractivity contribution in [3.05, 3.63) is 0 Å². The molecule has 3 nitrogen and oxygen atoms in total. The lowest BCUT2D eigenvalue weighted by molar-refractivity contribution is -0.133. The minimum Gasteiger partial charge on any atom is -0.365 e. The number of carbonyl (C=O) groups is 1. The molecule has 1 N–H and O–H groups in total. The van der Waals surface area contributed by atoms with E-state index in [1.807, 2.05) is 6.92 Å². The maximum absolute atomic E-state index is 12.0. The molecule has 0 bridgehead atoms. The normalized spacial score (nSPS) is 26.9. The van der Waals surface area contributed by atoms with Crippen molar-refractivity contribution < 1.29 is 9.53 Å². The van der Waals surface area contributed by atoms with Crippen LogP contribution < -0.4 is 5.32 Å². The van der Waals surface area contributed by atoms with Crippen molar-refractivity contribution in [2.45, 2.75) is 65.2 Å². The molecular formula is C13H24ClNO2. The summed E-state index contributed by atoms with van der Waals surface area (Å²) in [4.78, 5) is 12.0. The van der Waals surface area contributed by atoms with Gasteiger partial charge in [-0.15, -0.1) is 11.6 Å². The Labute approximate surface area is 109 Å². The highest BCUT2D eigenvalue weighted by atomic mass is 35.5. The molecule has 1 saturated heterocycles. The Bertz CT molecular complexity index is 263. The zero-order chi connectivity index (χ0) is 13.1. The number of carbonyl (C=O) groups excluding carboxylic acids is 1. The fraction of sp³-hybridized carbons (Fsp3) is 0.923. The molecule has 17 heavy (non-hydrogen) atoms. The highest BCUT2D eigenvalue weighted by molar-refractivity contribution is 6.17. The summed E-state index contributed by atoms with van der Waals surface area (Å²) in [5.41, 5.74) is 0.0226. The van der Waals surface area contributed by atoms with Gasteiger partial charge in [0.1, 0.15) is 6.10 Å². The number of rotatable bonds is 4. The Morgan fingerprint density at radius 1 is 1.47 bits per heavy atom. The van der Waals surface area contributed by atoms with Gasteiger partial charge in [-0.3, -0.25) is 4.79 Å². The van der Waals surface area contributed by atoms with Gasteiger partial charge in [0.25, 0.3) is 0 Å². The van der Waals surface area contributed by atoms with Crippen LogP contribution in [0, 0.1) is 5.41 Å². The van der Waals surface area contributed by atoms with E-state index in [9.17, 15) is 4.79 Å². The third-order valence-electron chi connectivity index (χ3n) is 3.28. The minimum atomic E-state index is -0.273. The first-order chi connectivity index (χ1) is 7.84. The van der Waals surface area contributed by atoms with Gasteiger partial charge in [-0.2, -0.15) is 0 Å². The van der Waals surface area contributed by atoms with Crippen molar-refractivity contribution in [1.82, 2.24) is 5.32 Å². The number of ether oxygens (including phenoxy) is 1. The van der Waals surface area contributed by atoms with Crippen molar-refractivity contribution in [2.24, 2.45) is 5.41 Å². The third kappa shape index (κ3) is 4.47. The molecule has 1 aliphatic heterocycles. The molecule has 0 spiro atoms. The van der Waals surface area contributed by atoms with Gasteiger partial charge < -0.3 is 10.1 Å². The summed E-state index contributed by atoms with van der Waals surface area (Å²) in [6.45, 7) is 8.35. The molecule has 4 heteroatoms. The highest BCUT2D eigenvalue weighted by Gasteiger charge is 2.32. The van der Waals surface area contributed by atoms with E-state index in [1.165, 1.54) is 0 Å². The summed E-state index contributed by atoms with van der Waals surface area (Å²) in [5.74, 6) is 0.573. The molecule has 1 aliphatic rings. The van der Waals surface area contributed by atoms with Crippen molar-refractivity contribution in [2.75, 3.05) is 5.88 Å². The minimum absolute atomic E-state index is 0.0133. The van der Waals surface area contributed by atoms with E-state index >= 15 is 0 Å². The Kier molecular flexibility index (Phi) is 5.26. The second kappa shape index (κ2) is 6.05. The van der Waals surface area contributed by atoms with E-state index in [0.29, 0.717) is 5.88 Å². The molecule has 0 saturated carbocycles. The molecule has 1 fully saturated rings. The third-order valence-corrected chi connectivity index (χ3v) is 3.50. The van der Waals surface area contributed by atoms with Crippen LogP contribution >= 0.6 is 11.6 Å². The van der Waals surface area contributed by atoms with Crippen LogP contribution in [0.1, 0.15) is 47.0 Å². The van der Waals surface area contributed by atoms with E-state index in [2.05, 4.69) is 26.1 Å². The molecule has 3 unspecified atom stereocenters. The van der Waals surface area contributed by atoms with E-state index in [4.69, 9.17) is 16.3 Å². The van der Waals surface area contributed by atoms with Crippen molar-refractivity contribution in [3.63, 3.8) is 0 Å². The predicted octanol–water partition coefficient (Wildman–Crippen LogP) is 2.71. The second-order valence-electron chi connectivity index (χ2n) is 5.92. The monoisotopic (exact) mass is 261 g/mol. The van der Waals surface area contributed by atoms with Crippen LogP contribution in [-0.2, 0) is 9.53 Å². The van der Waals surface area contributed by atoms with Crippen LogP contribution in [0.25, 0.3) is 0 Å². The molecule has 3 atom stereocenters. The van der Waals surface area contributed by atoms with E-state index < -0.39 is 0 Å². The Hall–Kier alpha value is -0.280. The van der Waals surface area contributed by atoms with Crippen molar-refractivity contribution >= 4 is 17.5 Å². The lowest BCUT2D eigenvalue weighted by atomic mass is 9.85. The predicted molar refractivity (Wildman–Crippen MR) is 70.3 cm³/mol. The van der Waals surface area contributed by atoms with Gasteiger partial charge in [-0.25, -0.2) is 0 Å². The van der Waals surface area contributed by atoms with Gasteiger partial charge in [0.05, 0.1) is 6.10 Å². The van der Waals surface area contributed by atoms with Crippen LogP contribution in [0.4, 0.5) is 0 Å². The van der Waals surface area contributed by atoms with E-state index in [-0.39, 0.29) is 29.6 Å². The fourth-order valence-electron chi connectivity index (χ4n) is 2.09. The summed E-state index contributed by atoms with van der Waals surface area (Å²) >= 11 is 5.79. The van der Waals surface area contributed by atoms with E-state index in [0.717, 1.165) is 19.3 Å². The smallest absolute Gasteiger partial charge is 0.249 e. The first-order valence-corrected chi connectivity index (χ1v) is 6.90. The SMILES string of the molecule is CC1CCC(C(=O)NC(CCCl)C(C)(C)C)O1. The van der Waals surface area contributed by atoms with Gasteiger partial charge in [0, 0.05) is 11.9 Å². The quantitative estimate of drug-likeness (QED) is 0.791. The van der Waals surface area contributed by atoms with Crippen LogP contribution in [-0.4, -0.2) is 30.0 Å². The lowest BCUT2D eigenvalue weighted by Gasteiger charge is -2.32. The molecule has 0 radical (unpaired) electrons. The summed E-state index contributed by atoms with van der Waals surface area (Å²) in [7, 11) is 0. The average Bonchev–Trinajstić information content (AvgIpc) is 2.62. The molecule has 100 valence electrons. The van der Waals surface area contributed by atoms with Gasteiger partial charge in [-0.1, -0.05) is 20.8 Å². The van der Waals surface area contributed by atoms with Crippen molar-refractivity contribution in [3.8, 4) is 0 Å². The second-order valence-corrected chi connectivity index (χ2v) is 6.30. The Morgan fingerprint density at radius 3 is 2.53 bits per heavy atom. The summed E-state index contributed by atoms with van der Waals surface area (Å²) in [5, 5.41) is 3.07. The molecule has 0 aromatic heterocycles. The maximum Gasteiger partial charge on any atom is 0.249 e. The molecule has 0 aliphatic carbocycles.